The fourth-order valence-electron chi connectivity index (χ4n) is 2.73. The van der Waals surface area contributed by atoms with Gasteiger partial charge in [0.2, 0.25) is 11.8 Å². The second-order valence-electron chi connectivity index (χ2n) is 5.23. The Labute approximate surface area is 124 Å². The summed E-state index contributed by atoms with van der Waals surface area (Å²) in [5.74, 6) is 0.626. The van der Waals surface area contributed by atoms with Crippen LogP contribution in [0, 0.1) is 0 Å². The van der Waals surface area contributed by atoms with Gasteiger partial charge < -0.3 is 10.2 Å². The number of aromatic nitrogens is 3. The molecule has 7 nitrogen and oxygen atoms in total. The number of hydrogen-bond donors (Lipinski definition) is 1. The molecule has 0 aliphatic carbocycles. The fourth-order valence-corrected chi connectivity index (χ4v) is 2.73. The summed E-state index contributed by atoms with van der Waals surface area (Å²) in [6, 6.07) is -0.837. The van der Waals surface area contributed by atoms with E-state index >= 15 is 0 Å². The van der Waals surface area contributed by atoms with Crippen molar-refractivity contribution in [2.24, 2.45) is 0 Å². The van der Waals surface area contributed by atoms with Gasteiger partial charge in [-0.2, -0.15) is 5.10 Å². The summed E-state index contributed by atoms with van der Waals surface area (Å²) >= 11 is 0. The van der Waals surface area contributed by atoms with E-state index in [0.29, 0.717) is 31.8 Å². The molecule has 2 atom stereocenters. The monoisotopic (exact) mass is 293 g/mol. The number of aryl methyl sites for hydroxylation is 1. The van der Waals surface area contributed by atoms with Crippen LogP contribution in [0.3, 0.4) is 0 Å². The van der Waals surface area contributed by atoms with E-state index in [1.165, 1.54) is 6.33 Å². The lowest BCUT2D eigenvalue weighted by molar-refractivity contribution is -0.150. The van der Waals surface area contributed by atoms with E-state index in [9.17, 15) is 9.59 Å². The van der Waals surface area contributed by atoms with Crippen LogP contribution in [0.25, 0.3) is 0 Å². The van der Waals surface area contributed by atoms with Crippen molar-refractivity contribution >= 4 is 11.8 Å². The average Bonchev–Trinajstić information content (AvgIpc) is 2.92. The molecule has 0 aromatic carbocycles. The van der Waals surface area contributed by atoms with Gasteiger partial charge in [-0.1, -0.05) is 20.3 Å². The molecule has 0 radical (unpaired) electrons. The van der Waals surface area contributed by atoms with E-state index in [1.54, 1.807) is 9.58 Å². The third-order valence-corrected chi connectivity index (χ3v) is 3.85. The molecule has 1 aliphatic rings. The summed E-state index contributed by atoms with van der Waals surface area (Å²) in [4.78, 5) is 30.7. The third-order valence-electron chi connectivity index (χ3n) is 3.85. The van der Waals surface area contributed by atoms with Crippen molar-refractivity contribution in [1.82, 2.24) is 25.0 Å². The number of carbonyl (C=O) groups excluding carboxylic acids is 2. The van der Waals surface area contributed by atoms with Crippen molar-refractivity contribution in [3.8, 4) is 0 Å². The molecule has 1 aromatic heterocycles. The maximum Gasteiger partial charge on any atom is 0.246 e. The van der Waals surface area contributed by atoms with Gasteiger partial charge in [0.25, 0.3) is 0 Å². The smallest absolute Gasteiger partial charge is 0.246 e. The summed E-state index contributed by atoms with van der Waals surface area (Å²) in [6.45, 7) is 6.91. The van der Waals surface area contributed by atoms with Crippen molar-refractivity contribution < 1.29 is 9.59 Å². The van der Waals surface area contributed by atoms with Crippen LogP contribution in [0.1, 0.15) is 45.9 Å². The molecule has 21 heavy (non-hydrogen) atoms. The Balaban J connectivity index is 2.23. The Hall–Kier alpha value is -1.92. The Morgan fingerprint density at radius 3 is 2.67 bits per heavy atom. The molecular weight excluding hydrogens is 270 g/mol. The largest absolute Gasteiger partial charge is 0.343 e. The molecule has 1 aromatic rings. The van der Waals surface area contributed by atoms with E-state index in [2.05, 4.69) is 15.4 Å². The van der Waals surface area contributed by atoms with Crippen molar-refractivity contribution in [2.75, 3.05) is 0 Å². The molecule has 1 fully saturated rings. The maximum atomic E-state index is 12.6. The van der Waals surface area contributed by atoms with Crippen LogP contribution < -0.4 is 5.32 Å². The topological polar surface area (TPSA) is 80.1 Å². The highest BCUT2D eigenvalue weighted by atomic mass is 16.2. The van der Waals surface area contributed by atoms with E-state index in [4.69, 9.17) is 0 Å². The average molecular weight is 293 g/mol. The number of nitrogens with one attached hydrogen (secondary N) is 1. The van der Waals surface area contributed by atoms with Crippen molar-refractivity contribution in [3.05, 3.63) is 12.2 Å². The van der Waals surface area contributed by atoms with E-state index in [-0.39, 0.29) is 11.8 Å². The molecule has 2 amide bonds. The maximum absolute atomic E-state index is 12.6. The molecular formula is C14H23N5O2. The van der Waals surface area contributed by atoms with Crippen LogP contribution in [0.4, 0.5) is 0 Å². The second kappa shape index (κ2) is 6.69. The van der Waals surface area contributed by atoms with Crippen LogP contribution in [-0.4, -0.2) is 43.6 Å². The molecule has 2 unspecified atom stereocenters. The van der Waals surface area contributed by atoms with Gasteiger partial charge in [0.1, 0.15) is 24.2 Å². The Bertz CT molecular complexity index is 513. The van der Waals surface area contributed by atoms with Crippen LogP contribution in [0.15, 0.2) is 6.33 Å². The summed E-state index contributed by atoms with van der Waals surface area (Å²) in [7, 11) is 0. The molecule has 7 heteroatoms. The first-order valence-corrected chi connectivity index (χ1v) is 7.59. The summed E-state index contributed by atoms with van der Waals surface area (Å²) < 4.78 is 1.75. The van der Waals surface area contributed by atoms with Crippen molar-refractivity contribution in [1.29, 1.82) is 0 Å². The minimum atomic E-state index is -0.424. The number of hydrogen-bond acceptors (Lipinski definition) is 4. The molecule has 2 heterocycles. The lowest BCUT2D eigenvalue weighted by Crippen LogP contribution is -2.62. The van der Waals surface area contributed by atoms with E-state index in [0.717, 1.165) is 6.42 Å². The first kappa shape index (κ1) is 15.5. The molecule has 116 valence electrons. The molecule has 2 rings (SSSR count). The van der Waals surface area contributed by atoms with Gasteiger partial charge >= 0.3 is 0 Å². The van der Waals surface area contributed by atoms with Gasteiger partial charge in [0.05, 0.1) is 6.54 Å². The van der Waals surface area contributed by atoms with Gasteiger partial charge in [-0.15, -0.1) is 0 Å². The minimum Gasteiger partial charge on any atom is -0.343 e. The quantitative estimate of drug-likeness (QED) is 0.837. The predicted molar refractivity (Wildman–Crippen MR) is 77.2 cm³/mol. The molecule has 1 saturated heterocycles. The van der Waals surface area contributed by atoms with Gasteiger partial charge in [-0.3, -0.25) is 9.59 Å². The summed E-state index contributed by atoms with van der Waals surface area (Å²) in [5.41, 5.74) is 0. The first-order valence-electron chi connectivity index (χ1n) is 7.59. The van der Waals surface area contributed by atoms with Crippen LogP contribution in [-0.2, 0) is 22.7 Å². The third kappa shape index (κ3) is 3.06. The number of carbonyl (C=O) groups is 2. The van der Waals surface area contributed by atoms with Gasteiger partial charge in [0.15, 0.2) is 0 Å². The molecule has 1 aliphatic heterocycles. The zero-order chi connectivity index (χ0) is 15.4. The SMILES string of the molecule is CCCC1NC(=O)C(CC)N(Cc2ncnn2CC)C1=O. The number of nitrogens with zero attached hydrogens (tertiary/aromatic N) is 4. The summed E-state index contributed by atoms with van der Waals surface area (Å²) in [5, 5.41) is 6.95. The van der Waals surface area contributed by atoms with Gasteiger partial charge in [-0.05, 0) is 19.8 Å². The van der Waals surface area contributed by atoms with Crippen LogP contribution >= 0.6 is 0 Å². The molecule has 1 N–H and O–H groups in total. The lowest BCUT2D eigenvalue weighted by atomic mass is 10.0. The van der Waals surface area contributed by atoms with E-state index < -0.39 is 12.1 Å². The Morgan fingerprint density at radius 2 is 2.05 bits per heavy atom. The van der Waals surface area contributed by atoms with Crippen LogP contribution in [0.5, 0.6) is 0 Å². The van der Waals surface area contributed by atoms with Crippen LogP contribution in [0.2, 0.25) is 0 Å². The molecule has 0 saturated carbocycles. The predicted octanol–water partition coefficient (Wildman–Crippen LogP) is 0.704. The highest BCUT2D eigenvalue weighted by Gasteiger charge is 2.39. The number of amides is 2. The van der Waals surface area contributed by atoms with Gasteiger partial charge in [0, 0.05) is 6.54 Å². The minimum absolute atomic E-state index is 0.0195. The van der Waals surface area contributed by atoms with E-state index in [1.807, 2.05) is 20.8 Å². The standard InChI is InChI=1S/C14H23N5O2/c1-4-7-10-14(21)18(11(5-2)13(20)17-10)8-12-15-9-16-19(12)6-3/h9-11H,4-8H2,1-3H3,(H,17,20). The Morgan fingerprint density at radius 1 is 1.29 bits per heavy atom. The zero-order valence-electron chi connectivity index (χ0n) is 12.9. The number of rotatable bonds is 6. The number of piperazine rings is 1. The second-order valence-corrected chi connectivity index (χ2v) is 5.23. The van der Waals surface area contributed by atoms with Crippen molar-refractivity contribution in [2.45, 2.75) is 65.2 Å². The molecule has 0 bridgehead atoms. The highest BCUT2D eigenvalue weighted by Crippen LogP contribution is 2.18. The first-order chi connectivity index (χ1) is 10.1. The Kier molecular flexibility index (Phi) is 4.93. The van der Waals surface area contributed by atoms with Crippen molar-refractivity contribution in [3.63, 3.8) is 0 Å². The fraction of sp³-hybridized carbons (Fsp3) is 0.714. The zero-order valence-corrected chi connectivity index (χ0v) is 12.9. The molecule has 0 spiro atoms. The summed E-state index contributed by atoms with van der Waals surface area (Å²) in [6.07, 6.45) is 3.60. The normalized spacial score (nSPS) is 22.5. The highest BCUT2D eigenvalue weighted by molar-refractivity contribution is 5.96. The lowest BCUT2D eigenvalue weighted by Gasteiger charge is -2.38. The van der Waals surface area contributed by atoms with Gasteiger partial charge in [-0.25, -0.2) is 9.67 Å².